The first-order valence-corrected chi connectivity index (χ1v) is 11.5. The van der Waals surface area contributed by atoms with E-state index >= 15 is 0 Å². The first-order chi connectivity index (χ1) is 14.1. The van der Waals surface area contributed by atoms with Crippen LogP contribution < -0.4 is 11.1 Å². The minimum atomic E-state index is -0.814. The van der Waals surface area contributed by atoms with Crippen LogP contribution in [0.5, 0.6) is 0 Å². The second kappa shape index (κ2) is 9.14. The molecule has 1 amide bonds. The van der Waals surface area contributed by atoms with Crippen LogP contribution in [-0.2, 0) is 15.0 Å². The van der Waals surface area contributed by atoms with Gasteiger partial charge in [0.05, 0.1) is 11.6 Å². The molecule has 0 aromatic heterocycles. The molecule has 0 saturated heterocycles. The average Bonchev–Trinajstić information content (AvgIpc) is 3.01. The minimum Gasteiger partial charge on any atom is -0.444 e. The number of hydrogen-bond acceptors (Lipinski definition) is 6. The van der Waals surface area contributed by atoms with Gasteiger partial charge in [0.2, 0.25) is 0 Å². The first kappa shape index (κ1) is 22.9. The summed E-state index contributed by atoms with van der Waals surface area (Å²) in [6.45, 7) is 8.21. The molecule has 3 N–H and O–H groups in total. The van der Waals surface area contributed by atoms with E-state index in [4.69, 9.17) is 20.2 Å². The summed E-state index contributed by atoms with van der Waals surface area (Å²) in [5.74, 6) is 0.460. The number of aliphatic imine (C=N–C) groups is 1. The van der Waals surface area contributed by atoms with Gasteiger partial charge < -0.3 is 15.2 Å². The van der Waals surface area contributed by atoms with Crippen LogP contribution in [0.2, 0.25) is 0 Å². The van der Waals surface area contributed by atoms with Crippen molar-refractivity contribution >= 4 is 28.7 Å². The summed E-state index contributed by atoms with van der Waals surface area (Å²) in [4.78, 5) is 17.2. The number of unbranched alkanes of at least 4 members (excludes halogenated alkanes) is 1. The average molecular weight is 438 g/mol. The van der Waals surface area contributed by atoms with Gasteiger partial charge in [0.25, 0.3) is 0 Å². The van der Waals surface area contributed by atoms with Crippen molar-refractivity contribution in [2.24, 2.45) is 10.9 Å². The Kier molecular flexibility index (Phi) is 6.97. The van der Waals surface area contributed by atoms with E-state index in [0.717, 1.165) is 19.3 Å². The zero-order valence-electron chi connectivity index (χ0n) is 18.2. The molecule has 0 spiro atoms. The molecular formula is C22H32FN3O3S. The van der Waals surface area contributed by atoms with Crippen molar-refractivity contribution in [3.05, 3.63) is 29.6 Å². The van der Waals surface area contributed by atoms with Crippen molar-refractivity contribution in [1.82, 2.24) is 5.32 Å². The number of anilines is 1. The van der Waals surface area contributed by atoms with Crippen molar-refractivity contribution in [1.29, 1.82) is 0 Å². The Bertz CT molecular complexity index is 811. The molecule has 2 aliphatic rings. The molecule has 1 aliphatic heterocycles. The second-order valence-corrected chi connectivity index (χ2v) is 10.0. The number of halogens is 1. The van der Waals surface area contributed by atoms with E-state index in [1.54, 1.807) is 32.9 Å². The number of rotatable bonds is 5. The fourth-order valence-corrected chi connectivity index (χ4v) is 5.24. The van der Waals surface area contributed by atoms with Crippen molar-refractivity contribution in [2.75, 3.05) is 18.1 Å². The number of benzene rings is 1. The van der Waals surface area contributed by atoms with Crippen LogP contribution in [0, 0.1) is 11.7 Å². The summed E-state index contributed by atoms with van der Waals surface area (Å²) in [5.41, 5.74) is 5.52. The molecule has 3 atom stereocenters. The number of nitrogens with zero attached hydrogens (tertiary/aromatic N) is 1. The van der Waals surface area contributed by atoms with Crippen LogP contribution in [0.3, 0.4) is 0 Å². The van der Waals surface area contributed by atoms with E-state index < -0.39 is 17.2 Å². The molecule has 1 aromatic rings. The van der Waals surface area contributed by atoms with Gasteiger partial charge in [-0.15, -0.1) is 0 Å². The molecule has 1 fully saturated rings. The minimum absolute atomic E-state index is 0.00685. The molecule has 1 aliphatic carbocycles. The number of amidine groups is 1. The molecule has 1 saturated carbocycles. The Hall–Kier alpha value is -1.80. The van der Waals surface area contributed by atoms with Gasteiger partial charge in [-0.05, 0) is 51.8 Å². The van der Waals surface area contributed by atoms with E-state index in [0.29, 0.717) is 35.2 Å². The van der Waals surface area contributed by atoms with Gasteiger partial charge in [-0.25, -0.2) is 9.18 Å². The van der Waals surface area contributed by atoms with Crippen LogP contribution >= 0.6 is 11.8 Å². The van der Waals surface area contributed by atoms with E-state index in [-0.39, 0.29) is 17.8 Å². The van der Waals surface area contributed by atoms with Crippen molar-refractivity contribution in [3.8, 4) is 0 Å². The maximum atomic E-state index is 14.9. The zero-order valence-corrected chi connectivity index (χ0v) is 19.0. The van der Waals surface area contributed by atoms with Crippen LogP contribution in [0.1, 0.15) is 58.9 Å². The van der Waals surface area contributed by atoms with Crippen LogP contribution in [0.25, 0.3) is 0 Å². The zero-order chi connectivity index (χ0) is 21.9. The molecule has 0 bridgehead atoms. The van der Waals surface area contributed by atoms with Crippen molar-refractivity contribution in [2.45, 2.75) is 70.6 Å². The van der Waals surface area contributed by atoms with E-state index in [1.165, 1.54) is 17.8 Å². The Balaban J connectivity index is 1.92. The Morgan fingerprint density at radius 3 is 2.90 bits per heavy atom. The second-order valence-electron chi connectivity index (χ2n) is 9.00. The molecule has 1 heterocycles. The fourth-order valence-electron chi connectivity index (χ4n) is 4.09. The highest BCUT2D eigenvalue weighted by Gasteiger charge is 2.52. The molecule has 1 unspecified atom stereocenters. The Morgan fingerprint density at radius 2 is 2.20 bits per heavy atom. The summed E-state index contributed by atoms with van der Waals surface area (Å²) in [6, 6.07) is 4.61. The molecule has 1 aromatic carbocycles. The van der Waals surface area contributed by atoms with Crippen LogP contribution in [0.4, 0.5) is 14.9 Å². The summed E-state index contributed by atoms with van der Waals surface area (Å²) in [7, 11) is 0. The van der Waals surface area contributed by atoms with Crippen molar-refractivity contribution in [3.63, 3.8) is 0 Å². The molecule has 6 nitrogen and oxygen atoms in total. The summed E-state index contributed by atoms with van der Waals surface area (Å²) < 4.78 is 26.4. The molecule has 30 heavy (non-hydrogen) atoms. The third-order valence-electron chi connectivity index (χ3n) is 5.40. The largest absolute Gasteiger partial charge is 0.444 e. The van der Waals surface area contributed by atoms with E-state index in [9.17, 15) is 9.18 Å². The number of hydrogen-bond donors (Lipinski definition) is 2. The van der Waals surface area contributed by atoms with Crippen LogP contribution in [0.15, 0.2) is 23.2 Å². The number of carbonyl (C=O) groups is 1. The van der Waals surface area contributed by atoms with E-state index in [2.05, 4.69) is 12.2 Å². The quantitative estimate of drug-likeness (QED) is 0.509. The highest BCUT2D eigenvalue weighted by Crippen LogP contribution is 2.52. The van der Waals surface area contributed by atoms with Crippen LogP contribution in [-0.4, -0.2) is 35.3 Å². The number of carbonyl (C=O) groups excluding carboxylic acids is 1. The lowest BCUT2D eigenvalue weighted by Gasteiger charge is -2.36. The molecule has 0 radical (unpaired) electrons. The summed E-state index contributed by atoms with van der Waals surface area (Å²) in [6.07, 6.45) is 2.83. The van der Waals surface area contributed by atoms with Gasteiger partial charge in [-0.3, -0.25) is 10.3 Å². The van der Waals surface area contributed by atoms with Gasteiger partial charge >= 0.3 is 6.09 Å². The predicted octanol–water partition coefficient (Wildman–Crippen LogP) is 4.83. The fraction of sp³-hybridized carbons (Fsp3) is 0.636. The Morgan fingerprint density at radius 1 is 1.43 bits per heavy atom. The highest BCUT2D eigenvalue weighted by atomic mass is 32.2. The van der Waals surface area contributed by atoms with Gasteiger partial charge in [0.15, 0.2) is 5.17 Å². The van der Waals surface area contributed by atoms with Gasteiger partial charge in [-0.1, -0.05) is 25.1 Å². The lowest BCUT2D eigenvalue weighted by atomic mass is 9.81. The monoisotopic (exact) mass is 437 g/mol. The Labute approximate surface area is 182 Å². The predicted molar refractivity (Wildman–Crippen MR) is 119 cm³/mol. The molecule has 166 valence electrons. The number of nitrogen functional groups attached to an aromatic ring is 1. The lowest BCUT2D eigenvalue weighted by molar-refractivity contribution is 0.0513. The third kappa shape index (κ3) is 5.27. The normalized spacial score (nSPS) is 26.1. The molecule has 8 heteroatoms. The number of amides is 1. The highest BCUT2D eigenvalue weighted by molar-refractivity contribution is 8.13. The van der Waals surface area contributed by atoms with Crippen molar-refractivity contribution < 1.29 is 18.7 Å². The number of fused-ring (bicyclic) bond motifs is 1. The molecular weight excluding hydrogens is 405 g/mol. The first-order valence-electron chi connectivity index (χ1n) is 10.5. The summed E-state index contributed by atoms with van der Waals surface area (Å²) >= 11 is 1.46. The lowest BCUT2D eigenvalue weighted by Crippen LogP contribution is -2.42. The maximum absolute atomic E-state index is 14.9. The maximum Gasteiger partial charge on any atom is 0.413 e. The van der Waals surface area contributed by atoms with Gasteiger partial charge in [0, 0.05) is 35.9 Å². The van der Waals surface area contributed by atoms with Gasteiger partial charge in [0.1, 0.15) is 11.4 Å². The SMILES string of the molecule is CCCCO[C@@H]1CC2CSC(NC(=O)OC(C)(C)C)=N[C@@]2(c2cc(N)ccc2F)C1. The smallest absolute Gasteiger partial charge is 0.413 e. The molecule has 3 rings (SSSR count). The topological polar surface area (TPSA) is 85.9 Å². The number of alkyl carbamates (subject to hydrolysis) is 1. The number of ether oxygens (including phenoxy) is 2. The summed E-state index contributed by atoms with van der Waals surface area (Å²) in [5, 5.41) is 3.18. The van der Waals surface area contributed by atoms with Gasteiger partial charge in [-0.2, -0.15) is 0 Å². The number of nitrogens with two attached hydrogens (primary N) is 1. The van der Waals surface area contributed by atoms with E-state index in [1.807, 2.05) is 0 Å². The third-order valence-corrected chi connectivity index (χ3v) is 6.44. The number of thioether (sulfide) groups is 1. The number of nitrogens with one attached hydrogen (secondary N) is 1. The standard InChI is InChI=1S/C22H32FN3O3S/c1-5-6-9-28-16-10-14-13-30-19(25-20(27)29-21(2,3)4)26-22(14,12-16)17-11-15(24)7-8-18(17)23/h7-8,11,14,16H,5-6,9-10,12-13,24H2,1-4H3,(H,25,26,27)/t14?,16-,22+/m1/s1.